The highest BCUT2D eigenvalue weighted by molar-refractivity contribution is 6.34. The molecule has 2 rings (SSSR count). The summed E-state index contributed by atoms with van der Waals surface area (Å²) in [5.74, 6) is 0.370. The number of hydrogen-bond donors (Lipinski definition) is 1. The molecule has 1 N–H and O–H groups in total. The minimum absolute atomic E-state index is 0.256. The maximum absolute atomic E-state index is 12.4. The van der Waals surface area contributed by atoms with Gasteiger partial charge in [-0.15, -0.1) is 0 Å². The van der Waals surface area contributed by atoms with Gasteiger partial charge in [-0.05, 0) is 56.4 Å². The Morgan fingerprint density at radius 2 is 1.96 bits per heavy atom. The maximum atomic E-state index is 12.4. The van der Waals surface area contributed by atoms with E-state index >= 15 is 0 Å². The van der Waals surface area contributed by atoms with Crippen molar-refractivity contribution in [3.8, 4) is 5.75 Å². The zero-order chi connectivity index (χ0) is 17.0. The number of halogens is 1. The monoisotopic (exact) mass is 332 g/mol. The fourth-order valence-corrected chi connectivity index (χ4v) is 2.62. The number of rotatable bonds is 5. The summed E-state index contributed by atoms with van der Waals surface area (Å²) >= 11 is 6.15. The number of amides is 1. The fraction of sp³-hybridized carbons (Fsp3) is 0.278. The highest BCUT2D eigenvalue weighted by Crippen LogP contribution is 2.27. The highest BCUT2D eigenvalue weighted by atomic mass is 35.5. The molecule has 0 bridgehead atoms. The molecule has 0 spiro atoms. The first-order chi connectivity index (χ1) is 10.9. The molecule has 0 saturated carbocycles. The summed E-state index contributed by atoms with van der Waals surface area (Å²) in [5, 5.41) is 3.29. The van der Waals surface area contributed by atoms with Gasteiger partial charge in [0.25, 0.3) is 5.91 Å². The van der Waals surface area contributed by atoms with E-state index in [1.165, 1.54) is 0 Å². The van der Waals surface area contributed by atoms with Crippen LogP contribution >= 0.6 is 11.6 Å². The zero-order valence-electron chi connectivity index (χ0n) is 13.8. The van der Waals surface area contributed by atoms with Gasteiger partial charge in [-0.2, -0.15) is 0 Å². The van der Waals surface area contributed by atoms with Crippen molar-refractivity contribution in [2.75, 3.05) is 26.5 Å². The molecule has 0 radical (unpaired) electrons. The first kappa shape index (κ1) is 17.3. The molecule has 0 aliphatic heterocycles. The number of anilines is 1. The Bertz CT molecular complexity index is 714. The predicted molar refractivity (Wildman–Crippen MR) is 94.5 cm³/mol. The number of carbonyl (C=O) groups is 1. The number of nitrogens with one attached hydrogen (secondary N) is 1. The van der Waals surface area contributed by atoms with Crippen LogP contribution in [0.5, 0.6) is 5.75 Å². The molecule has 2 aromatic carbocycles. The molecule has 0 heterocycles. The maximum Gasteiger partial charge on any atom is 0.257 e. The number of ether oxygens (including phenoxy) is 1. The molecule has 0 aliphatic rings. The Morgan fingerprint density at radius 3 is 2.57 bits per heavy atom. The second-order valence-corrected chi connectivity index (χ2v) is 6.12. The van der Waals surface area contributed by atoms with E-state index in [1.54, 1.807) is 19.2 Å². The molecular weight excluding hydrogens is 312 g/mol. The van der Waals surface area contributed by atoms with E-state index in [4.69, 9.17) is 16.3 Å². The van der Waals surface area contributed by atoms with Gasteiger partial charge in [0.1, 0.15) is 5.75 Å². The van der Waals surface area contributed by atoms with E-state index in [0.717, 1.165) is 17.7 Å². The van der Waals surface area contributed by atoms with Crippen LogP contribution in [0.4, 0.5) is 5.69 Å². The number of nitrogens with zero attached hydrogens (tertiary/aromatic N) is 1. The van der Waals surface area contributed by atoms with Crippen molar-refractivity contribution in [3.63, 3.8) is 0 Å². The summed E-state index contributed by atoms with van der Waals surface area (Å²) in [6.07, 6.45) is 0. The van der Waals surface area contributed by atoms with Gasteiger partial charge in [0.2, 0.25) is 0 Å². The minimum Gasteiger partial charge on any atom is -0.495 e. The fourth-order valence-electron chi connectivity index (χ4n) is 2.30. The lowest BCUT2D eigenvalue weighted by atomic mass is 10.1. The molecule has 0 atom stereocenters. The lowest BCUT2D eigenvalue weighted by Crippen LogP contribution is -2.14. The average molecular weight is 333 g/mol. The van der Waals surface area contributed by atoms with E-state index in [0.29, 0.717) is 22.0 Å². The van der Waals surface area contributed by atoms with Crippen LogP contribution in [0.1, 0.15) is 21.5 Å². The molecule has 4 nitrogen and oxygen atoms in total. The molecule has 2 aromatic rings. The van der Waals surface area contributed by atoms with Crippen LogP contribution in [-0.2, 0) is 6.54 Å². The topological polar surface area (TPSA) is 41.6 Å². The molecule has 0 fully saturated rings. The van der Waals surface area contributed by atoms with E-state index in [9.17, 15) is 4.79 Å². The van der Waals surface area contributed by atoms with E-state index < -0.39 is 0 Å². The SMILES string of the molecule is COc1cc(CN(C)C)ccc1NC(=O)c1ccc(C)cc1Cl. The molecule has 0 aromatic heterocycles. The normalized spacial score (nSPS) is 10.7. The summed E-state index contributed by atoms with van der Waals surface area (Å²) in [5.41, 5.74) is 3.18. The summed E-state index contributed by atoms with van der Waals surface area (Å²) in [7, 11) is 5.59. The van der Waals surface area contributed by atoms with Gasteiger partial charge in [-0.1, -0.05) is 23.7 Å². The van der Waals surface area contributed by atoms with Crippen molar-refractivity contribution < 1.29 is 9.53 Å². The average Bonchev–Trinajstić information content (AvgIpc) is 2.48. The number of benzene rings is 2. The van der Waals surface area contributed by atoms with Crippen molar-refractivity contribution in [1.82, 2.24) is 4.90 Å². The zero-order valence-corrected chi connectivity index (χ0v) is 14.6. The lowest BCUT2D eigenvalue weighted by Gasteiger charge is -2.14. The van der Waals surface area contributed by atoms with Crippen LogP contribution in [0.2, 0.25) is 5.02 Å². The Labute approximate surface area is 142 Å². The van der Waals surface area contributed by atoms with Gasteiger partial charge < -0.3 is 15.0 Å². The Hall–Kier alpha value is -2.04. The number of aryl methyl sites for hydroxylation is 1. The lowest BCUT2D eigenvalue weighted by molar-refractivity contribution is 0.102. The summed E-state index contributed by atoms with van der Waals surface area (Å²) in [4.78, 5) is 14.5. The summed E-state index contributed by atoms with van der Waals surface area (Å²) < 4.78 is 5.39. The van der Waals surface area contributed by atoms with Gasteiger partial charge in [-0.3, -0.25) is 4.79 Å². The molecule has 122 valence electrons. The number of methoxy groups -OCH3 is 1. The number of carbonyl (C=O) groups excluding carboxylic acids is 1. The molecule has 0 unspecified atom stereocenters. The van der Waals surface area contributed by atoms with Crippen LogP contribution in [0.15, 0.2) is 36.4 Å². The molecule has 1 amide bonds. The van der Waals surface area contributed by atoms with E-state index in [-0.39, 0.29) is 5.91 Å². The molecule has 0 saturated heterocycles. The third kappa shape index (κ3) is 4.47. The molecular formula is C18H21ClN2O2. The van der Waals surface area contributed by atoms with Gasteiger partial charge >= 0.3 is 0 Å². The minimum atomic E-state index is -0.256. The van der Waals surface area contributed by atoms with E-state index in [2.05, 4.69) is 10.2 Å². The van der Waals surface area contributed by atoms with Crippen molar-refractivity contribution in [1.29, 1.82) is 0 Å². The largest absolute Gasteiger partial charge is 0.495 e. The van der Waals surface area contributed by atoms with Gasteiger partial charge in [0, 0.05) is 6.54 Å². The molecule has 0 aliphatic carbocycles. The molecule has 23 heavy (non-hydrogen) atoms. The van der Waals surface area contributed by atoms with Crippen LogP contribution < -0.4 is 10.1 Å². The van der Waals surface area contributed by atoms with Crippen LogP contribution in [-0.4, -0.2) is 32.0 Å². The quantitative estimate of drug-likeness (QED) is 0.900. The van der Waals surface area contributed by atoms with Crippen molar-refractivity contribution in [2.24, 2.45) is 0 Å². The van der Waals surface area contributed by atoms with E-state index in [1.807, 2.05) is 45.3 Å². The van der Waals surface area contributed by atoms with Crippen LogP contribution in [0.3, 0.4) is 0 Å². The van der Waals surface area contributed by atoms with Gasteiger partial charge in [-0.25, -0.2) is 0 Å². The van der Waals surface area contributed by atoms with Crippen LogP contribution in [0, 0.1) is 6.92 Å². The summed E-state index contributed by atoms with van der Waals surface area (Å²) in [6.45, 7) is 2.73. The van der Waals surface area contributed by atoms with Crippen molar-refractivity contribution in [2.45, 2.75) is 13.5 Å². The third-order valence-electron chi connectivity index (χ3n) is 3.38. The second kappa shape index (κ2) is 7.49. The standard InChI is InChI=1S/C18H21ClN2O2/c1-12-5-7-14(15(19)9-12)18(22)20-16-8-6-13(11-21(2)3)10-17(16)23-4/h5-10H,11H2,1-4H3,(H,20,22). The third-order valence-corrected chi connectivity index (χ3v) is 3.69. The van der Waals surface area contributed by atoms with Gasteiger partial charge in [0.15, 0.2) is 0 Å². The smallest absolute Gasteiger partial charge is 0.257 e. The second-order valence-electron chi connectivity index (χ2n) is 5.71. The van der Waals surface area contributed by atoms with Crippen LogP contribution in [0.25, 0.3) is 0 Å². The predicted octanol–water partition coefficient (Wildman–Crippen LogP) is 3.97. The van der Waals surface area contributed by atoms with Crippen molar-refractivity contribution in [3.05, 3.63) is 58.1 Å². The summed E-state index contributed by atoms with van der Waals surface area (Å²) in [6, 6.07) is 11.1. The first-order valence-electron chi connectivity index (χ1n) is 7.30. The van der Waals surface area contributed by atoms with Crippen molar-refractivity contribution >= 4 is 23.2 Å². The number of hydrogen-bond acceptors (Lipinski definition) is 3. The molecule has 5 heteroatoms. The highest BCUT2D eigenvalue weighted by Gasteiger charge is 2.13. The Balaban J connectivity index is 2.23. The van der Waals surface area contributed by atoms with Gasteiger partial charge in [0.05, 0.1) is 23.4 Å². The first-order valence-corrected chi connectivity index (χ1v) is 7.67. The Kier molecular flexibility index (Phi) is 5.64. The Morgan fingerprint density at radius 1 is 1.22 bits per heavy atom.